The fourth-order valence-electron chi connectivity index (χ4n) is 2.77. The van der Waals surface area contributed by atoms with Crippen LogP contribution in [0.4, 0.5) is 5.69 Å². The van der Waals surface area contributed by atoms with E-state index in [1.165, 1.54) is 6.92 Å². The van der Waals surface area contributed by atoms with Gasteiger partial charge in [0.2, 0.25) is 0 Å². The van der Waals surface area contributed by atoms with Gasteiger partial charge in [0.05, 0.1) is 11.2 Å². The molecule has 1 atom stereocenters. The second-order valence-corrected chi connectivity index (χ2v) is 5.94. The van der Waals surface area contributed by atoms with Crippen LogP contribution in [-0.2, 0) is 16.1 Å². The Morgan fingerprint density at radius 3 is 3.05 bits per heavy atom. The van der Waals surface area contributed by atoms with Crippen LogP contribution in [0, 0.1) is 6.92 Å². The van der Waals surface area contributed by atoms with E-state index in [2.05, 4.69) is 31.5 Å². The first-order valence-electron chi connectivity index (χ1n) is 6.61. The minimum Gasteiger partial charge on any atom is -0.454 e. The summed E-state index contributed by atoms with van der Waals surface area (Å²) in [5.41, 5.74) is 9.65. The zero-order valence-corrected chi connectivity index (χ0v) is 13.0. The summed E-state index contributed by atoms with van der Waals surface area (Å²) >= 11 is 3.49. The van der Waals surface area contributed by atoms with Gasteiger partial charge in [-0.25, -0.2) is 4.98 Å². The van der Waals surface area contributed by atoms with Crippen LogP contribution in [0.25, 0.3) is 11.0 Å². The summed E-state index contributed by atoms with van der Waals surface area (Å²) < 4.78 is 8.37. The average molecular weight is 338 g/mol. The van der Waals surface area contributed by atoms with Gasteiger partial charge in [0.15, 0.2) is 11.9 Å². The van der Waals surface area contributed by atoms with E-state index in [0.717, 1.165) is 46.3 Å². The summed E-state index contributed by atoms with van der Waals surface area (Å²) in [6.07, 6.45) is 1.50. The number of nitrogens with zero attached hydrogens (tertiary/aromatic N) is 2. The molecule has 0 amide bonds. The Morgan fingerprint density at radius 2 is 2.35 bits per heavy atom. The Morgan fingerprint density at radius 1 is 1.60 bits per heavy atom. The van der Waals surface area contributed by atoms with Crippen molar-refractivity contribution in [1.29, 1.82) is 0 Å². The SMILES string of the molecule is CC(=O)OC1CCCn2c1nc1c(N)c(Br)c(C)cc12. The second-order valence-electron chi connectivity index (χ2n) is 5.15. The number of ether oxygens (including phenoxy) is 1. The van der Waals surface area contributed by atoms with Crippen molar-refractivity contribution in [2.75, 3.05) is 5.73 Å². The van der Waals surface area contributed by atoms with Crippen molar-refractivity contribution in [3.63, 3.8) is 0 Å². The first-order chi connectivity index (χ1) is 9.49. The molecule has 0 fully saturated rings. The van der Waals surface area contributed by atoms with Crippen LogP contribution < -0.4 is 5.73 Å². The lowest BCUT2D eigenvalue weighted by Crippen LogP contribution is -2.19. The molecular formula is C14H16BrN3O2. The van der Waals surface area contributed by atoms with Crippen LogP contribution in [0.15, 0.2) is 10.5 Å². The topological polar surface area (TPSA) is 70.1 Å². The number of imidazole rings is 1. The molecule has 1 aromatic carbocycles. The summed E-state index contributed by atoms with van der Waals surface area (Å²) in [4.78, 5) is 15.8. The maximum Gasteiger partial charge on any atom is 0.303 e. The third-order valence-corrected chi connectivity index (χ3v) is 4.72. The number of carbonyl (C=O) groups excluding carboxylic acids is 1. The Labute approximate surface area is 125 Å². The van der Waals surface area contributed by atoms with Crippen LogP contribution in [0.3, 0.4) is 0 Å². The molecule has 20 heavy (non-hydrogen) atoms. The number of benzene rings is 1. The monoisotopic (exact) mass is 337 g/mol. The number of nitrogen functional groups attached to an aromatic ring is 1. The normalized spacial score (nSPS) is 18.1. The first-order valence-corrected chi connectivity index (χ1v) is 7.40. The number of esters is 1. The molecule has 106 valence electrons. The number of aromatic nitrogens is 2. The summed E-state index contributed by atoms with van der Waals surface area (Å²) in [6.45, 7) is 4.31. The smallest absolute Gasteiger partial charge is 0.303 e. The largest absolute Gasteiger partial charge is 0.454 e. The molecule has 0 radical (unpaired) electrons. The molecule has 2 N–H and O–H groups in total. The van der Waals surface area contributed by atoms with Crippen LogP contribution in [0.2, 0.25) is 0 Å². The van der Waals surface area contributed by atoms with Crippen LogP contribution in [0.5, 0.6) is 0 Å². The molecule has 2 aromatic rings. The van der Waals surface area contributed by atoms with Crippen LogP contribution >= 0.6 is 15.9 Å². The van der Waals surface area contributed by atoms with E-state index in [9.17, 15) is 4.79 Å². The lowest BCUT2D eigenvalue weighted by molar-refractivity contribution is -0.148. The highest BCUT2D eigenvalue weighted by molar-refractivity contribution is 9.10. The number of anilines is 1. The molecule has 3 rings (SSSR count). The van der Waals surface area contributed by atoms with Gasteiger partial charge >= 0.3 is 5.97 Å². The highest BCUT2D eigenvalue weighted by atomic mass is 79.9. The molecule has 6 heteroatoms. The molecule has 1 aliphatic rings. The molecule has 2 heterocycles. The van der Waals surface area contributed by atoms with E-state index in [0.29, 0.717) is 5.69 Å². The molecule has 1 aliphatic heterocycles. The second kappa shape index (κ2) is 4.77. The van der Waals surface area contributed by atoms with Gasteiger partial charge < -0.3 is 15.0 Å². The number of carbonyl (C=O) groups is 1. The first kappa shape index (κ1) is 13.4. The highest BCUT2D eigenvalue weighted by Gasteiger charge is 2.27. The fraction of sp³-hybridized carbons (Fsp3) is 0.429. The van der Waals surface area contributed by atoms with Gasteiger partial charge in [-0.2, -0.15) is 0 Å². The molecule has 0 saturated carbocycles. The van der Waals surface area contributed by atoms with Gasteiger partial charge in [-0.1, -0.05) is 0 Å². The minimum absolute atomic E-state index is 0.271. The third kappa shape index (κ3) is 1.98. The minimum atomic E-state index is -0.277. The van der Waals surface area contributed by atoms with E-state index < -0.39 is 0 Å². The van der Waals surface area contributed by atoms with Crippen LogP contribution in [-0.4, -0.2) is 15.5 Å². The standard InChI is InChI=1S/C14H16BrN3O2/c1-7-6-9-13(12(16)11(7)15)17-14-10(20-8(2)19)4-3-5-18(9)14/h6,10H,3-5,16H2,1-2H3. The Kier molecular flexibility index (Phi) is 3.20. The quantitative estimate of drug-likeness (QED) is 0.641. The van der Waals surface area contributed by atoms with Crippen LogP contribution in [0.1, 0.15) is 37.3 Å². The number of aryl methyl sites for hydroxylation is 2. The summed E-state index contributed by atoms with van der Waals surface area (Å²) in [5.74, 6) is 0.520. The van der Waals surface area contributed by atoms with Crippen molar-refractivity contribution >= 4 is 38.6 Å². The maximum absolute atomic E-state index is 11.2. The van der Waals surface area contributed by atoms with Crippen molar-refractivity contribution in [2.45, 2.75) is 39.3 Å². The molecular weight excluding hydrogens is 322 g/mol. The molecule has 0 saturated heterocycles. The number of hydrogen-bond donors (Lipinski definition) is 1. The predicted octanol–water partition coefficient (Wildman–Crippen LogP) is 3.09. The van der Waals surface area contributed by atoms with Crippen molar-refractivity contribution in [3.05, 3.63) is 21.9 Å². The molecule has 0 spiro atoms. The summed E-state index contributed by atoms with van der Waals surface area (Å²) in [7, 11) is 0. The Bertz CT molecular complexity index is 708. The van der Waals surface area contributed by atoms with E-state index >= 15 is 0 Å². The van der Waals surface area contributed by atoms with Crippen molar-refractivity contribution in [3.8, 4) is 0 Å². The van der Waals surface area contributed by atoms with E-state index in [4.69, 9.17) is 10.5 Å². The zero-order chi connectivity index (χ0) is 14.4. The fourth-order valence-corrected chi connectivity index (χ4v) is 3.07. The van der Waals surface area contributed by atoms with E-state index in [1.807, 2.05) is 6.92 Å². The number of fused-ring (bicyclic) bond motifs is 3. The molecule has 1 aromatic heterocycles. The molecule has 1 unspecified atom stereocenters. The molecule has 0 bridgehead atoms. The number of halogens is 1. The number of nitrogens with two attached hydrogens (primary N) is 1. The van der Waals surface area contributed by atoms with Gasteiger partial charge in [0.1, 0.15) is 5.52 Å². The van der Waals surface area contributed by atoms with Crippen molar-refractivity contribution in [2.24, 2.45) is 0 Å². The van der Waals surface area contributed by atoms with Gasteiger partial charge in [0.25, 0.3) is 0 Å². The van der Waals surface area contributed by atoms with E-state index in [-0.39, 0.29) is 12.1 Å². The van der Waals surface area contributed by atoms with Gasteiger partial charge in [-0.05, 0) is 47.3 Å². The van der Waals surface area contributed by atoms with E-state index in [1.54, 1.807) is 0 Å². The number of rotatable bonds is 1. The molecule has 5 nitrogen and oxygen atoms in total. The maximum atomic E-state index is 11.2. The Hall–Kier alpha value is -1.56. The van der Waals surface area contributed by atoms with Crippen molar-refractivity contribution in [1.82, 2.24) is 9.55 Å². The van der Waals surface area contributed by atoms with Gasteiger partial charge in [-0.3, -0.25) is 4.79 Å². The third-order valence-electron chi connectivity index (χ3n) is 3.67. The zero-order valence-electron chi connectivity index (χ0n) is 11.4. The lowest BCUT2D eigenvalue weighted by atomic mass is 10.1. The Balaban J connectivity index is 2.21. The van der Waals surface area contributed by atoms with Gasteiger partial charge in [-0.15, -0.1) is 0 Å². The average Bonchev–Trinajstić information content (AvgIpc) is 2.76. The lowest BCUT2D eigenvalue weighted by Gasteiger charge is -2.23. The predicted molar refractivity (Wildman–Crippen MR) is 80.3 cm³/mol. The van der Waals surface area contributed by atoms with Crippen molar-refractivity contribution < 1.29 is 9.53 Å². The molecule has 0 aliphatic carbocycles. The highest BCUT2D eigenvalue weighted by Crippen LogP contribution is 2.37. The number of hydrogen-bond acceptors (Lipinski definition) is 4. The summed E-state index contributed by atoms with van der Waals surface area (Å²) in [6, 6.07) is 2.07. The summed E-state index contributed by atoms with van der Waals surface area (Å²) in [5, 5.41) is 0. The van der Waals surface area contributed by atoms with Gasteiger partial charge in [0, 0.05) is 17.9 Å².